The van der Waals surface area contributed by atoms with Gasteiger partial charge < -0.3 is 25.4 Å². The number of nitrogens with zero attached hydrogens (tertiary/aromatic N) is 1. The van der Waals surface area contributed by atoms with Crippen molar-refractivity contribution < 1.29 is 24.9 Å². The van der Waals surface area contributed by atoms with Gasteiger partial charge in [-0.05, 0) is 48.2 Å². The summed E-state index contributed by atoms with van der Waals surface area (Å²) in [5, 5.41) is 33.0. The van der Waals surface area contributed by atoms with Crippen LogP contribution in [0.4, 0.5) is 0 Å². The molecule has 4 atom stereocenters. The molecular weight excluding hydrogens is 456 g/mol. The van der Waals surface area contributed by atoms with Gasteiger partial charge in [0.1, 0.15) is 24.4 Å². The van der Waals surface area contributed by atoms with E-state index in [4.69, 9.17) is 11.2 Å². The minimum atomic E-state index is -1.24. The predicted molar refractivity (Wildman–Crippen MR) is 140 cm³/mol. The molecule has 1 aliphatic heterocycles. The van der Waals surface area contributed by atoms with E-state index in [1.54, 1.807) is 0 Å². The van der Waals surface area contributed by atoms with Crippen LogP contribution < -0.4 is 5.32 Å². The molecule has 0 radical (unpaired) electrons. The molecule has 2 aromatic rings. The van der Waals surface area contributed by atoms with E-state index in [-0.39, 0.29) is 12.5 Å². The van der Waals surface area contributed by atoms with Crippen molar-refractivity contribution in [3.8, 4) is 12.3 Å². The third-order valence-corrected chi connectivity index (χ3v) is 6.37. The van der Waals surface area contributed by atoms with E-state index in [0.29, 0.717) is 32.5 Å². The van der Waals surface area contributed by atoms with Crippen LogP contribution in [0.1, 0.15) is 40.3 Å². The maximum atomic E-state index is 12.0. The molecule has 192 valence electrons. The van der Waals surface area contributed by atoms with Crippen molar-refractivity contribution in [2.75, 3.05) is 33.3 Å². The van der Waals surface area contributed by atoms with Gasteiger partial charge >= 0.3 is 0 Å². The zero-order valence-corrected chi connectivity index (χ0v) is 20.9. The predicted octanol–water partition coefficient (Wildman–Crippen LogP) is 1.82. The highest BCUT2D eigenvalue weighted by Crippen LogP contribution is 2.30. The third-order valence-electron chi connectivity index (χ3n) is 6.37. The Labute approximate surface area is 213 Å². The molecule has 0 spiro atoms. The van der Waals surface area contributed by atoms with E-state index in [2.05, 4.69) is 23.4 Å². The first-order valence-electron chi connectivity index (χ1n) is 12.2. The first-order valence-corrected chi connectivity index (χ1v) is 12.2. The average Bonchev–Trinajstić information content (AvgIpc) is 2.85. The minimum Gasteiger partial charge on any atom is -0.388 e. The lowest BCUT2D eigenvalue weighted by molar-refractivity contribution is -0.189. The quantitative estimate of drug-likeness (QED) is 0.378. The molecule has 3 rings (SSSR count). The second-order valence-corrected chi connectivity index (χ2v) is 9.31. The Balaban J connectivity index is 1.54. The first kappa shape index (κ1) is 27.6. The number of benzene rings is 2. The number of aliphatic hydroxyl groups excluding tert-OH is 3. The normalized spacial score (nSPS) is 22.0. The molecule has 0 aromatic heterocycles. The van der Waals surface area contributed by atoms with Crippen LogP contribution in [0.2, 0.25) is 0 Å². The van der Waals surface area contributed by atoms with Crippen LogP contribution in [0.3, 0.4) is 0 Å². The number of amides is 1. The summed E-state index contributed by atoms with van der Waals surface area (Å²) in [5.41, 5.74) is 5.12. The lowest BCUT2D eigenvalue weighted by Gasteiger charge is -2.35. The van der Waals surface area contributed by atoms with Gasteiger partial charge in [-0.25, -0.2) is 0 Å². The summed E-state index contributed by atoms with van der Waals surface area (Å²) in [6.45, 7) is 3.85. The van der Waals surface area contributed by atoms with Crippen LogP contribution in [0.25, 0.3) is 6.08 Å². The van der Waals surface area contributed by atoms with Crippen LogP contribution in [-0.2, 0) is 16.0 Å². The Morgan fingerprint density at radius 3 is 2.67 bits per heavy atom. The summed E-state index contributed by atoms with van der Waals surface area (Å²) in [4.78, 5) is 14.0. The monoisotopic (exact) mass is 492 g/mol. The Morgan fingerprint density at radius 2 is 1.94 bits per heavy atom. The molecule has 36 heavy (non-hydrogen) atoms. The number of carbonyl (C=O) groups excluding carboxylic acids is 1. The van der Waals surface area contributed by atoms with Gasteiger partial charge in [0.25, 0.3) is 0 Å². The summed E-state index contributed by atoms with van der Waals surface area (Å²) in [5.74, 6) is 2.54. The number of likely N-dealkylation sites (N-methyl/N-ethyl adjacent to an activating group) is 1. The van der Waals surface area contributed by atoms with Crippen molar-refractivity contribution in [2.45, 2.75) is 44.2 Å². The minimum absolute atomic E-state index is 0.0212. The SMILES string of the molecule is C#CCN(C)CCNC(=O)C/C=C/c1ccc(Cc2cc([C@@H]3OC[C@@H](O)[C@H](O)[C@H]3O)ccc2C)cc1. The molecule has 1 fully saturated rings. The molecule has 4 N–H and O–H groups in total. The second-order valence-electron chi connectivity index (χ2n) is 9.31. The van der Waals surface area contributed by atoms with E-state index in [9.17, 15) is 20.1 Å². The highest BCUT2D eigenvalue weighted by Gasteiger charge is 2.38. The number of hydrogen-bond acceptors (Lipinski definition) is 6. The van der Waals surface area contributed by atoms with Crippen LogP contribution in [0, 0.1) is 19.3 Å². The summed E-state index contributed by atoms with van der Waals surface area (Å²) >= 11 is 0. The Bertz CT molecular complexity index is 1080. The number of carbonyl (C=O) groups is 1. The third kappa shape index (κ3) is 7.76. The molecule has 1 heterocycles. The van der Waals surface area contributed by atoms with Gasteiger partial charge in [0.05, 0.1) is 13.2 Å². The van der Waals surface area contributed by atoms with Gasteiger partial charge in [-0.3, -0.25) is 9.69 Å². The van der Waals surface area contributed by atoms with Crippen LogP contribution in [-0.4, -0.2) is 77.7 Å². The standard InChI is InChI=1S/C29H36N2O5/c1-4-15-31(3)16-14-30-26(33)7-5-6-21-9-11-22(12-10-21)17-24-18-23(13-8-20(24)2)29-28(35)27(34)25(32)19-36-29/h1,5-6,8-13,18,25,27-29,32,34-35H,7,14-17,19H2,2-3H3,(H,30,33)/b6-5+/t25-,27+,28-,29+/m1/s1. The van der Waals surface area contributed by atoms with Gasteiger partial charge in [-0.1, -0.05) is 60.5 Å². The fraction of sp³-hybridized carbons (Fsp3) is 0.414. The van der Waals surface area contributed by atoms with Crippen molar-refractivity contribution in [1.82, 2.24) is 10.2 Å². The van der Waals surface area contributed by atoms with E-state index in [0.717, 1.165) is 27.8 Å². The van der Waals surface area contributed by atoms with Crippen molar-refractivity contribution in [3.05, 3.63) is 76.4 Å². The zero-order chi connectivity index (χ0) is 26.1. The van der Waals surface area contributed by atoms with Gasteiger partial charge in [-0.15, -0.1) is 6.42 Å². The molecule has 2 aromatic carbocycles. The molecule has 1 aliphatic rings. The smallest absolute Gasteiger partial charge is 0.223 e. The largest absolute Gasteiger partial charge is 0.388 e. The lowest BCUT2D eigenvalue weighted by Crippen LogP contribution is -2.49. The molecule has 0 aliphatic carbocycles. The number of aryl methyl sites for hydroxylation is 1. The van der Waals surface area contributed by atoms with Crippen molar-refractivity contribution >= 4 is 12.0 Å². The molecule has 1 saturated heterocycles. The topological polar surface area (TPSA) is 102 Å². The van der Waals surface area contributed by atoms with Gasteiger partial charge in [0.2, 0.25) is 5.91 Å². The van der Waals surface area contributed by atoms with Gasteiger partial charge in [0, 0.05) is 19.5 Å². The van der Waals surface area contributed by atoms with Crippen LogP contribution in [0.15, 0.2) is 48.5 Å². The fourth-order valence-corrected chi connectivity index (χ4v) is 4.12. The average molecular weight is 493 g/mol. The molecular formula is C29H36N2O5. The summed E-state index contributed by atoms with van der Waals surface area (Å²) < 4.78 is 5.61. The molecule has 0 bridgehead atoms. The lowest BCUT2D eigenvalue weighted by atomic mass is 9.91. The molecule has 7 heteroatoms. The summed E-state index contributed by atoms with van der Waals surface area (Å²) in [7, 11) is 1.92. The number of hydrogen-bond donors (Lipinski definition) is 4. The van der Waals surface area contributed by atoms with E-state index in [1.165, 1.54) is 0 Å². The molecule has 0 unspecified atom stereocenters. The highest BCUT2D eigenvalue weighted by atomic mass is 16.5. The van der Waals surface area contributed by atoms with E-state index in [1.807, 2.05) is 61.4 Å². The fourth-order valence-electron chi connectivity index (χ4n) is 4.12. The van der Waals surface area contributed by atoms with Gasteiger partial charge in [0.15, 0.2) is 0 Å². The highest BCUT2D eigenvalue weighted by molar-refractivity contribution is 5.78. The number of ether oxygens (including phenoxy) is 1. The zero-order valence-electron chi connectivity index (χ0n) is 20.9. The molecule has 0 saturated carbocycles. The van der Waals surface area contributed by atoms with E-state index < -0.39 is 24.4 Å². The second kappa shape index (κ2) is 13.4. The van der Waals surface area contributed by atoms with Crippen LogP contribution in [0.5, 0.6) is 0 Å². The first-order chi connectivity index (χ1) is 17.3. The maximum absolute atomic E-state index is 12.0. The van der Waals surface area contributed by atoms with Crippen molar-refractivity contribution in [2.24, 2.45) is 0 Å². The Kier molecular flexibility index (Phi) is 10.2. The molecule has 7 nitrogen and oxygen atoms in total. The van der Waals surface area contributed by atoms with Crippen LogP contribution >= 0.6 is 0 Å². The summed E-state index contributed by atoms with van der Waals surface area (Å²) in [6, 6.07) is 14.0. The van der Waals surface area contributed by atoms with Gasteiger partial charge in [-0.2, -0.15) is 0 Å². The molecule has 1 amide bonds. The number of aliphatic hydroxyl groups is 3. The Morgan fingerprint density at radius 1 is 1.19 bits per heavy atom. The van der Waals surface area contributed by atoms with E-state index >= 15 is 0 Å². The summed E-state index contributed by atoms with van der Waals surface area (Å²) in [6.07, 6.45) is 5.87. The number of nitrogens with one attached hydrogen (secondary N) is 1. The maximum Gasteiger partial charge on any atom is 0.223 e. The number of rotatable bonds is 10. The van der Waals surface area contributed by atoms with Crippen molar-refractivity contribution in [3.63, 3.8) is 0 Å². The Hall–Kier alpha value is -2.99. The van der Waals surface area contributed by atoms with Crippen molar-refractivity contribution in [1.29, 1.82) is 0 Å². The number of terminal acetylenes is 1.